The van der Waals surface area contributed by atoms with E-state index in [4.69, 9.17) is 16.3 Å². The Balaban J connectivity index is 2.64. The van der Waals surface area contributed by atoms with Crippen molar-refractivity contribution in [3.8, 4) is 0 Å². The average molecular weight is 207 g/mol. The van der Waals surface area contributed by atoms with Gasteiger partial charge in [0.25, 0.3) is 0 Å². The second kappa shape index (κ2) is 4.82. The number of carbonyl (C=O) groups excluding carboxylic acids is 1. The van der Waals surface area contributed by atoms with Crippen LogP contribution in [0.15, 0.2) is 0 Å². The summed E-state index contributed by atoms with van der Waals surface area (Å²) >= 11 is 6.09. The van der Waals surface area contributed by atoms with Crippen molar-refractivity contribution in [1.82, 2.24) is 0 Å². The third-order valence-electron chi connectivity index (χ3n) is 2.45. The number of ether oxygens (including phenoxy) is 2. The lowest BCUT2D eigenvalue weighted by molar-refractivity contribution is -0.161. The monoisotopic (exact) mass is 206 g/mol. The molecule has 0 aromatic rings. The van der Waals surface area contributed by atoms with E-state index in [-0.39, 0.29) is 17.3 Å². The summed E-state index contributed by atoms with van der Waals surface area (Å²) in [6, 6.07) is 0. The quantitative estimate of drug-likeness (QED) is 0.509. The van der Waals surface area contributed by atoms with E-state index >= 15 is 0 Å². The molecular weight excluding hydrogens is 192 g/mol. The van der Waals surface area contributed by atoms with Gasteiger partial charge in [-0.05, 0) is 12.8 Å². The summed E-state index contributed by atoms with van der Waals surface area (Å²) in [5.41, 5.74) is 0. The predicted molar refractivity (Wildman–Crippen MR) is 49.8 cm³/mol. The molecule has 1 aliphatic heterocycles. The van der Waals surface area contributed by atoms with Gasteiger partial charge < -0.3 is 9.47 Å². The van der Waals surface area contributed by atoms with Gasteiger partial charge in [-0.3, -0.25) is 0 Å². The van der Waals surface area contributed by atoms with Gasteiger partial charge in [0, 0.05) is 17.9 Å². The Bertz CT molecular complexity index is 184. The minimum atomic E-state index is -0.466. The van der Waals surface area contributed by atoms with Crippen LogP contribution in [0.1, 0.15) is 19.8 Å². The van der Waals surface area contributed by atoms with Gasteiger partial charge in [0.2, 0.25) is 0 Å². The molecule has 1 aliphatic rings. The number of halogens is 1. The van der Waals surface area contributed by atoms with Gasteiger partial charge in [0.15, 0.2) is 6.10 Å². The molecule has 0 bridgehead atoms. The number of carbonyl (C=O) groups is 1. The number of alkyl halides is 1. The molecule has 0 amide bonds. The number of esters is 1. The maximum atomic E-state index is 11.3. The van der Waals surface area contributed by atoms with Gasteiger partial charge in [-0.15, -0.1) is 11.6 Å². The molecule has 1 heterocycles. The van der Waals surface area contributed by atoms with Gasteiger partial charge in [0.1, 0.15) is 0 Å². The molecule has 3 nitrogen and oxygen atoms in total. The molecule has 13 heavy (non-hydrogen) atoms. The highest BCUT2D eigenvalue weighted by Crippen LogP contribution is 2.28. The van der Waals surface area contributed by atoms with E-state index in [0.717, 1.165) is 12.8 Å². The largest absolute Gasteiger partial charge is 0.467 e. The van der Waals surface area contributed by atoms with Gasteiger partial charge in [-0.1, -0.05) is 6.92 Å². The maximum Gasteiger partial charge on any atom is 0.335 e. The highest BCUT2D eigenvalue weighted by molar-refractivity contribution is 6.21. The Morgan fingerprint density at radius 3 is 2.92 bits per heavy atom. The summed E-state index contributed by atoms with van der Waals surface area (Å²) in [6.07, 6.45) is 1.19. The zero-order valence-electron chi connectivity index (χ0n) is 7.96. The van der Waals surface area contributed by atoms with Crippen molar-refractivity contribution in [3.05, 3.63) is 0 Å². The van der Waals surface area contributed by atoms with Crippen molar-refractivity contribution in [2.24, 2.45) is 5.92 Å². The van der Waals surface area contributed by atoms with Crippen LogP contribution in [0, 0.1) is 5.92 Å². The van der Waals surface area contributed by atoms with Crippen LogP contribution in [0.2, 0.25) is 0 Å². The van der Waals surface area contributed by atoms with Gasteiger partial charge in [-0.2, -0.15) is 0 Å². The molecule has 0 aromatic heterocycles. The topological polar surface area (TPSA) is 35.5 Å². The summed E-state index contributed by atoms with van der Waals surface area (Å²) in [5.74, 6) is -0.222. The summed E-state index contributed by atoms with van der Waals surface area (Å²) in [6.45, 7) is 2.55. The van der Waals surface area contributed by atoms with Gasteiger partial charge in [0.05, 0.1) is 7.11 Å². The molecular formula is C9H15ClO3. The summed E-state index contributed by atoms with van der Waals surface area (Å²) in [5, 5.41) is 0.0304. The second-order valence-electron chi connectivity index (χ2n) is 3.19. The second-order valence-corrected chi connectivity index (χ2v) is 3.75. The van der Waals surface area contributed by atoms with Crippen molar-refractivity contribution in [2.75, 3.05) is 13.7 Å². The van der Waals surface area contributed by atoms with Crippen LogP contribution in [-0.4, -0.2) is 31.2 Å². The Morgan fingerprint density at radius 1 is 1.69 bits per heavy atom. The third kappa shape index (κ3) is 2.35. The fourth-order valence-electron chi connectivity index (χ4n) is 1.66. The zero-order chi connectivity index (χ0) is 9.84. The molecule has 3 atom stereocenters. The highest BCUT2D eigenvalue weighted by atomic mass is 35.5. The molecule has 1 fully saturated rings. The van der Waals surface area contributed by atoms with Crippen molar-refractivity contribution in [3.63, 3.8) is 0 Å². The third-order valence-corrected chi connectivity index (χ3v) is 2.99. The molecule has 1 rings (SSSR count). The van der Waals surface area contributed by atoms with E-state index in [1.165, 1.54) is 7.11 Å². The van der Waals surface area contributed by atoms with Crippen LogP contribution in [-0.2, 0) is 14.3 Å². The molecule has 0 spiro atoms. The van der Waals surface area contributed by atoms with E-state index < -0.39 is 6.10 Å². The first-order chi connectivity index (χ1) is 6.20. The van der Waals surface area contributed by atoms with Crippen molar-refractivity contribution >= 4 is 17.6 Å². The fourth-order valence-corrected chi connectivity index (χ4v) is 2.06. The average Bonchev–Trinajstić information content (AvgIpc) is 2.16. The molecule has 1 unspecified atom stereocenters. The Labute approximate surface area is 83.3 Å². The Morgan fingerprint density at radius 2 is 2.38 bits per heavy atom. The zero-order valence-corrected chi connectivity index (χ0v) is 8.71. The minimum absolute atomic E-state index is 0.0304. The van der Waals surface area contributed by atoms with Crippen LogP contribution in [0.4, 0.5) is 0 Å². The first-order valence-electron chi connectivity index (χ1n) is 4.54. The fraction of sp³-hybridized carbons (Fsp3) is 0.889. The molecule has 0 aromatic carbocycles. The van der Waals surface area contributed by atoms with Crippen LogP contribution in [0.3, 0.4) is 0 Å². The lowest BCUT2D eigenvalue weighted by atomic mass is 9.91. The predicted octanol–water partition coefficient (Wildman–Crippen LogP) is 1.58. The molecule has 4 heteroatoms. The first kappa shape index (κ1) is 10.8. The molecule has 0 radical (unpaired) electrons. The van der Waals surface area contributed by atoms with Crippen LogP contribution in [0.25, 0.3) is 0 Å². The standard InChI is InChI=1S/C9H15ClO3/c1-3-6-7(10)4-5-13-8(6)9(11)12-2/h6-8H,3-5H2,1-2H3/t6?,7-,8+/m1/s1. The summed E-state index contributed by atoms with van der Waals surface area (Å²) < 4.78 is 9.99. The van der Waals surface area contributed by atoms with Gasteiger partial charge >= 0.3 is 5.97 Å². The Hall–Kier alpha value is -0.280. The first-order valence-corrected chi connectivity index (χ1v) is 4.97. The van der Waals surface area contributed by atoms with Crippen molar-refractivity contribution < 1.29 is 14.3 Å². The van der Waals surface area contributed by atoms with E-state index in [2.05, 4.69) is 4.74 Å². The normalized spacial score (nSPS) is 34.2. The van der Waals surface area contributed by atoms with E-state index in [9.17, 15) is 4.79 Å². The van der Waals surface area contributed by atoms with E-state index in [1.54, 1.807) is 0 Å². The van der Waals surface area contributed by atoms with Crippen molar-refractivity contribution in [1.29, 1.82) is 0 Å². The van der Waals surface area contributed by atoms with Crippen LogP contribution < -0.4 is 0 Å². The molecule has 0 aliphatic carbocycles. The molecule has 0 N–H and O–H groups in total. The number of methoxy groups -OCH3 is 1. The van der Waals surface area contributed by atoms with Crippen molar-refractivity contribution in [2.45, 2.75) is 31.2 Å². The smallest absolute Gasteiger partial charge is 0.335 e. The highest BCUT2D eigenvalue weighted by Gasteiger charge is 2.37. The van der Waals surface area contributed by atoms with Crippen LogP contribution in [0.5, 0.6) is 0 Å². The Kier molecular flexibility index (Phi) is 4.00. The number of hydrogen-bond donors (Lipinski definition) is 0. The summed E-state index contributed by atoms with van der Waals surface area (Å²) in [7, 11) is 1.37. The van der Waals surface area contributed by atoms with Crippen LogP contribution >= 0.6 is 11.6 Å². The lowest BCUT2D eigenvalue weighted by Gasteiger charge is -2.32. The minimum Gasteiger partial charge on any atom is -0.467 e. The lowest BCUT2D eigenvalue weighted by Crippen LogP contribution is -2.42. The summed E-state index contributed by atoms with van der Waals surface area (Å²) in [4.78, 5) is 11.3. The molecule has 1 saturated heterocycles. The van der Waals surface area contributed by atoms with E-state index in [1.807, 2.05) is 6.92 Å². The SMILES string of the molecule is CCC1[C@H](Cl)CCO[C@@H]1C(=O)OC. The van der Waals surface area contributed by atoms with Gasteiger partial charge in [-0.25, -0.2) is 4.79 Å². The molecule has 0 saturated carbocycles. The maximum absolute atomic E-state index is 11.3. The molecule has 76 valence electrons. The number of rotatable bonds is 2. The van der Waals surface area contributed by atoms with E-state index in [0.29, 0.717) is 6.61 Å². The number of hydrogen-bond acceptors (Lipinski definition) is 3.